The van der Waals surface area contributed by atoms with Crippen molar-refractivity contribution in [2.45, 2.75) is 254 Å². The molecule has 5 saturated heterocycles. The van der Waals surface area contributed by atoms with E-state index in [1.54, 1.807) is 28.1 Å². The average Bonchev–Trinajstić information content (AvgIpc) is 3.57. The number of allylic oxidation sites excluding steroid dienone is 3. The molecule has 9 rings (SSSR count). The molecular weight excluding hydrogens is 969 g/mol. The fourth-order valence-corrected chi connectivity index (χ4v) is 14.8. The summed E-state index contributed by atoms with van der Waals surface area (Å²) >= 11 is 0. The van der Waals surface area contributed by atoms with Crippen molar-refractivity contribution in [1.82, 2.24) is 0 Å². The number of Topliss-reactive ketones (excluding diaryl/α,β-unsaturated/α-hetero) is 1. The number of rotatable bonds is 15. The molecule has 20 heteroatoms. The van der Waals surface area contributed by atoms with Crippen LogP contribution in [0, 0.1) is 28.6 Å². The van der Waals surface area contributed by atoms with E-state index < -0.39 is 124 Å². The zero-order valence-electron chi connectivity index (χ0n) is 44.9. The second-order valence-electron chi connectivity index (χ2n) is 23.1. The van der Waals surface area contributed by atoms with Crippen LogP contribution < -0.4 is 0 Å². The molecule has 2 saturated carbocycles. The van der Waals surface area contributed by atoms with E-state index in [2.05, 4.69) is 26.8 Å². The molecule has 0 aromatic rings. The van der Waals surface area contributed by atoms with Crippen molar-refractivity contribution in [2.75, 3.05) is 27.9 Å². The lowest BCUT2D eigenvalue weighted by Crippen LogP contribution is -2.62. The van der Waals surface area contributed by atoms with Gasteiger partial charge in [-0.1, -0.05) is 32.4 Å². The number of ketones is 1. The molecule has 4 aliphatic carbocycles. The first-order valence-electron chi connectivity index (χ1n) is 27.4. The SMILES string of the molecule is CCC1=C(O)C(=O)C2C3CC=C4CC(OC5CC(OC)C(OC6CC(OC)C(OC7CC(O)C(OC8CC(OC)C(OC9OC(CO)C(O)C(O)C9O)C(C)O8)C(C)O7)C(C)O6)C(C)O5)CCC4(C)C3CCC12C. The van der Waals surface area contributed by atoms with Gasteiger partial charge in [-0.15, -0.1) is 0 Å². The van der Waals surface area contributed by atoms with Crippen molar-refractivity contribution in [1.29, 1.82) is 0 Å². The van der Waals surface area contributed by atoms with E-state index in [4.69, 9.17) is 61.6 Å². The Morgan fingerprint density at radius 2 is 1.14 bits per heavy atom. The molecule has 5 heterocycles. The summed E-state index contributed by atoms with van der Waals surface area (Å²) in [7, 11) is 4.79. The van der Waals surface area contributed by atoms with Gasteiger partial charge in [-0.3, -0.25) is 4.79 Å². The molecule has 5 aliphatic heterocycles. The predicted octanol–water partition coefficient (Wildman–Crippen LogP) is 3.63. The average molecular weight is 1060 g/mol. The van der Waals surface area contributed by atoms with Crippen LogP contribution in [0.5, 0.6) is 0 Å². The smallest absolute Gasteiger partial charge is 0.201 e. The van der Waals surface area contributed by atoms with Crippen LogP contribution in [0.2, 0.25) is 0 Å². The van der Waals surface area contributed by atoms with Crippen LogP contribution in [-0.2, 0) is 66.4 Å². The van der Waals surface area contributed by atoms with E-state index in [-0.39, 0.29) is 65.4 Å². The summed E-state index contributed by atoms with van der Waals surface area (Å²) in [5.74, 6) is 0.454. The minimum atomic E-state index is -1.60. The van der Waals surface area contributed by atoms with Crippen molar-refractivity contribution in [3.63, 3.8) is 0 Å². The van der Waals surface area contributed by atoms with Crippen LogP contribution >= 0.6 is 0 Å². The number of methoxy groups -OCH3 is 3. The standard InChI is InChI=1S/C54H86O20/c1-11-31-43(57)45(59)42-30-13-12-28-18-29(14-16-53(28,6)32(30)15-17-54(31,42)7)69-39-20-34(62-8)50(25(3)66-39)73-41-21-35(63-9)49(26(4)67-41)72-38-19-33(56)48(24(2)65-38)71-40-22-36(64-10)51(27(5)68-40)74-52-47(61)46(60)44(58)37(23-55)70-52/h12,24-27,29-30,32-42,44,46-52,55-58,60-61H,11,13-23H2,1-10H3. The maximum absolute atomic E-state index is 13.6. The van der Waals surface area contributed by atoms with E-state index in [0.29, 0.717) is 25.2 Å². The third-order valence-corrected chi connectivity index (χ3v) is 18.9. The van der Waals surface area contributed by atoms with E-state index in [1.165, 1.54) is 12.7 Å². The first-order valence-corrected chi connectivity index (χ1v) is 27.4. The molecule has 0 aromatic carbocycles. The van der Waals surface area contributed by atoms with Gasteiger partial charge in [0.2, 0.25) is 5.78 Å². The number of aliphatic hydroxyl groups excluding tert-OH is 6. The zero-order valence-corrected chi connectivity index (χ0v) is 44.9. The lowest BCUT2D eigenvalue weighted by atomic mass is 9.47. The number of fused-ring (bicyclic) bond motifs is 5. The highest BCUT2D eigenvalue weighted by Gasteiger charge is 2.62. The third-order valence-electron chi connectivity index (χ3n) is 18.9. The summed E-state index contributed by atoms with van der Waals surface area (Å²) in [6.07, 6.45) is -7.46. The van der Waals surface area contributed by atoms with Crippen LogP contribution in [-0.4, -0.2) is 200 Å². The van der Waals surface area contributed by atoms with Gasteiger partial charge in [0, 0.05) is 58.3 Å². The summed E-state index contributed by atoms with van der Waals surface area (Å²) < 4.78 is 81.1. The Kier molecular flexibility index (Phi) is 17.8. The molecule has 7 fully saturated rings. The van der Waals surface area contributed by atoms with Gasteiger partial charge in [-0.05, 0) is 95.5 Å². The van der Waals surface area contributed by atoms with Crippen molar-refractivity contribution >= 4 is 5.78 Å². The van der Waals surface area contributed by atoms with Gasteiger partial charge in [0.25, 0.3) is 0 Å². The lowest BCUT2D eigenvalue weighted by molar-refractivity contribution is -0.358. The zero-order chi connectivity index (χ0) is 53.1. The molecule has 6 N–H and O–H groups in total. The predicted molar refractivity (Wildman–Crippen MR) is 260 cm³/mol. The number of hydrogen-bond acceptors (Lipinski definition) is 20. The van der Waals surface area contributed by atoms with E-state index in [9.17, 15) is 35.4 Å². The molecule has 0 bridgehead atoms. The van der Waals surface area contributed by atoms with Gasteiger partial charge in [0.15, 0.2) is 37.2 Å². The Labute approximate surface area is 435 Å². The molecular formula is C54H86O20. The minimum absolute atomic E-state index is 0.0114. The molecule has 20 nitrogen and oxygen atoms in total. The molecule has 0 radical (unpaired) electrons. The van der Waals surface area contributed by atoms with Gasteiger partial charge < -0.3 is 92.2 Å². The number of carbonyl (C=O) groups is 1. The van der Waals surface area contributed by atoms with Gasteiger partial charge >= 0.3 is 0 Å². The van der Waals surface area contributed by atoms with Gasteiger partial charge in [0.1, 0.15) is 48.8 Å². The minimum Gasteiger partial charge on any atom is -0.504 e. The Morgan fingerprint density at radius 1 is 0.635 bits per heavy atom. The molecule has 27 atom stereocenters. The fraction of sp³-hybridized carbons (Fsp3) is 0.907. The summed E-state index contributed by atoms with van der Waals surface area (Å²) in [6.45, 7) is 13.4. The van der Waals surface area contributed by atoms with Crippen molar-refractivity contribution < 1.29 is 97.0 Å². The Morgan fingerprint density at radius 3 is 1.66 bits per heavy atom. The maximum Gasteiger partial charge on any atom is 0.201 e. The normalized spacial score (nSPS) is 51.0. The third kappa shape index (κ3) is 10.7. The number of hydrogen-bond donors (Lipinski definition) is 6. The molecule has 9 aliphatic rings. The number of ether oxygens (including phenoxy) is 13. The topological polar surface area (TPSA) is 258 Å². The summed E-state index contributed by atoms with van der Waals surface area (Å²) in [5.41, 5.74) is 2.11. The number of aliphatic hydroxyl groups is 6. The highest BCUT2D eigenvalue weighted by molar-refractivity contribution is 6.00. The molecule has 0 spiro atoms. The number of carbonyl (C=O) groups excluding carboxylic acids is 1. The molecule has 0 aromatic heterocycles. The largest absolute Gasteiger partial charge is 0.504 e. The van der Waals surface area contributed by atoms with Gasteiger partial charge in [0.05, 0.1) is 61.5 Å². The Hall–Kier alpha value is -1.77. The Balaban J connectivity index is 0.738. The quantitative estimate of drug-likeness (QED) is 0.128. The molecule has 422 valence electrons. The van der Waals surface area contributed by atoms with Crippen LogP contribution in [0.15, 0.2) is 23.0 Å². The fourth-order valence-electron chi connectivity index (χ4n) is 14.8. The maximum atomic E-state index is 13.6. The van der Waals surface area contributed by atoms with Crippen LogP contribution in [0.3, 0.4) is 0 Å². The van der Waals surface area contributed by atoms with E-state index in [1.807, 2.05) is 13.8 Å². The summed E-state index contributed by atoms with van der Waals surface area (Å²) in [4.78, 5) is 13.6. The second kappa shape index (κ2) is 23.1. The van der Waals surface area contributed by atoms with Crippen molar-refractivity contribution in [3.05, 3.63) is 23.0 Å². The highest BCUT2D eigenvalue weighted by atomic mass is 16.8. The lowest BCUT2D eigenvalue weighted by Gasteiger charge is -2.57. The second-order valence-corrected chi connectivity index (χ2v) is 23.1. The van der Waals surface area contributed by atoms with Gasteiger partial charge in [-0.2, -0.15) is 0 Å². The van der Waals surface area contributed by atoms with Crippen LogP contribution in [0.25, 0.3) is 0 Å². The first kappa shape index (κ1) is 56.9. The van der Waals surface area contributed by atoms with Crippen molar-refractivity contribution in [2.24, 2.45) is 28.6 Å². The van der Waals surface area contributed by atoms with E-state index in [0.717, 1.165) is 44.1 Å². The summed E-state index contributed by atoms with van der Waals surface area (Å²) in [6, 6.07) is 0. The van der Waals surface area contributed by atoms with Crippen LogP contribution in [0.4, 0.5) is 0 Å². The van der Waals surface area contributed by atoms with Crippen molar-refractivity contribution in [3.8, 4) is 0 Å². The van der Waals surface area contributed by atoms with Gasteiger partial charge in [-0.25, -0.2) is 0 Å². The highest BCUT2D eigenvalue weighted by Crippen LogP contribution is 2.65. The molecule has 27 unspecified atom stereocenters. The van der Waals surface area contributed by atoms with Crippen LogP contribution in [0.1, 0.15) is 119 Å². The van der Waals surface area contributed by atoms with E-state index >= 15 is 0 Å². The monoisotopic (exact) mass is 1050 g/mol. The summed E-state index contributed by atoms with van der Waals surface area (Å²) in [5, 5.41) is 63.0. The molecule has 0 amide bonds. The molecule has 74 heavy (non-hydrogen) atoms. The Bertz CT molecular complexity index is 1980. The first-order chi connectivity index (χ1) is 35.3.